The van der Waals surface area contributed by atoms with Crippen LogP contribution in [0.3, 0.4) is 0 Å². The molecule has 4 nitrogen and oxygen atoms in total. The van der Waals surface area contributed by atoms with Gasteiger partial charge in [-0.3, -0.25) is 0 Å². The van der Waals surface area contributed by atoms with Crippen molar-refractivity contribution in [3.63, 3.8) is 0 Å². The van der Waals surface area contributed by atoms with Gasteiger partial charge in [0, 0.05) is 33.0 Å². The Kier molecular flexibility index (Phi) is 7.85. The zero-order valence-corrected chi connectivity index (χ0v) is 30.9. The van der Waals surface area contributed by atoms with Gasteiger partial charge in [-0.1, -0.05) is 176 Å². The Labute approximate surface area is 330 Å². The fraction of sp³-hybridized carbons (Fsp3) is 0.0189. The second-order valence-corrected chi connectivity index (χ2v) is 14.5. The summed E-state index contributed by atoms with van der Waals surface area (Å²) in [5.74, 6) is 1.48. The van der Waals surface area contributed by atoms with Gasteiger partial charge >= 0.3 is 0 Å². The standard InChI is InChI=1S/C53H35N3O/c1-4-15-34(16-5-1)37-23-14-24-40(31-37)52-54-51(36-19-8-3-9-20-36)55-53(56-52)45-28-27-44(42-25-12-13-26-43(42)45)49-41(35-17-6-2-7-18-35)29-30-47-50(49)46-32-38-21-10-11-22-39(38)33-48(46)57-47/h1-33,53H,(H,54,55,56). The van der Waals surface area contributed by atoms with E-state index < -0.39 is 6.17 Å². The summed E-state index contributed by atoms with van der Waals surface area (Å²) in [5.41, 5.74) is 11.7. The largest absolute Gasteiger partial charge is 0.456 e. The summed E-state index contributed by atoms with van der Waals surface area (Å²) in [5, 5.41) is 10.6. The summed E-state index contributed by atoms with van der Waals surface area (Å²) in [7, 11) is 0. The van der Waals surface area contributed by atoms with Crippen LogP contribution >= 0.6 is 0 Å². The predicted octanol–water partition coefficient (Wildman–Crippen LogP) is 13.4. The van der Waals surface area contributed by atoms with E-state index in [-0.39, 0.29) is 0 Å². The maximum Gasteiger partial charge on any atom is 0.159 e. The molecule has 0 spiro atoms. The minimum atomic E-state index is -0.391. The first-order valence-electron chi connectivity index (χ1n) is 19.3. The van der Waals surface area contributed by atoms with Crippen LogP contribution in [0.15, 0.2) is 215 Å². The molecule has 11 rings (SSSR count). The third kappa shape index (κ3) is 5.78. The van der Waals surface area contributed by atoms with Crippen molar-refractivity contribution in [1.82, 2.24) is 5.32 Å². The van der Waals surface area contributed by atoms with Gasteiger partial charge in [0.05, 0.1) is 0 Å². The highest BCUT2D eigenvalue weighted by Gasteiger charge is 2.25. The Hall–Kier alpha value is -7.56. The molecule has 0 saturated heterocycles. The molecular formula is C53H35N3O. The van der Waals surface area contributed by atoms with Crippen molar-refractivity contribution in [2.45, 2.75) is 6.17 Å². The molecule has 4 heteroatoms. The smallest absolute Gasteiger partial charge is 0.159 e. The summed E-state index contributed by atoms with van der Waals surface area (Å²) in [6.07, 6.45) is -0.391. The van der Waals surface area contributed by atoms with Gasteiger partial charge in [-0.2, -0.15) is 0 Å². The molecule has 0 saturated carbocycles. The van der Waals surface area contributed by atoms with Gasteiger partial charge in [-0.25, -0.2) is 9.98 Å². The van der Waals surface area contributed by atoms with Crippen LogP contribution in [0.25, 0.3) is 76.9 Å². The highest BCUT2D eigenvalue weighted by atomic mass is 16.3. The maximum atomic E-state index is 6.65. The summed E-state index contributed by atoms with van der Waals surface area (Å²) >= 11 is 0. The quantitative estimate of drug-likeness (QED) is 0.185. The van der Waals surface area contributed by atoms with Gasteiger partial charge in [-0.15, -0.1) is 0 Å². The van der Waals surface area contributed by atoms with Gasteiger partial charge in [0.15, 0.2) is 5.84 Å². The molecule has 0 fully saturated rings. The molecule has 2 heterocycles. The molecule has 1 N–H and O–H groups in total. The number of fused-ring (bicyclic) bond motifs is 5. The summed E-state index contributed by atoms with van der Waals surface area (Å²) in [6, 6.07) is 70.5. The lowest BCUT2D eigenvalue weighted by molar-refractivity contribution is 0.669. The maximum absolute atomic E-state index is 6.65. The van der Waals surface area contributed by atoms with Crippen LogP contribution in [-0.2, 0) is 0 Å². The fourth-order valence-corrected chi connectivity index (χ4v) is 8.42. The first-order valence-corrected chi connectivity index (χ1v) is 19.3. The Morgan fingerprint density at radius 3 is 1.81 bits per heavy atom. The Balaban J connectivity index is 1.12. The highest BCUT2D eigenvalue weighted by Crippen LogP contribution is 2.46. The number of furan rings is 1. The first-order chi connectivity index (χ1) is 28.2. The van der Waals surface area contributed by atoms with Gasteiger partial charge in [0.25, 0.3) is 0 Å². The molecule has 10 aromatic rings. The normalized spacial score (nSPS) is 14.1. The van der Waals surface area contributed by atoms with E-state index in [1.807, 2.05) is 24.3 Å². The Morgan fingerprint density at radius 2 is 1.04 bits per heavy atom. The molecule has 9 aromatic carbocycles. The van der Waals surface area contributed by atoms with E-state index in [4.69, 9.17) is 14.4 Å². The van der Waals surface area contributed by atoms with Gasteiger partial charge in [0.2, 0.25) is 0 Å². The lowest BCUT2D eigenvalue weighted by Crippen LogP contribution is -2.33. The number of nitrogens with zero attached hydrogens (tertiary/aromatic N) is 2. The first kappa shape index (κ1) is 32.8. The van der Waals surface area contributed by atoms with Crippen LogP contribution in [-0.4, -0.2) is 11.7 Å². The zero-order valence-electron chi connectivity index (χ0n) is 30.9. The van der Waals surface area contributed by atoms with Crippen molar-refractivity contribution in [3.8, 4) is 33.4 Å². The molecule has 268 valence electrons. The van der Waals surface area contributed by atoms with Gasteiger partial charge in [-0.05, 0) is 73.6 Å². The minimum absolute atomic E-state index is 0.391. The van der Waals surface area contributed by atoms with Crippen LogP contribution in [0.5, 0.6) is 0 Å². The van der Waals surface area contributed by atoms with Crippen molar-refractivity contribution in [1.29, 1.82) is 0 Å². The molecule has 1 unspecified atom stereocenters. The van der Waals surface area contributed by atoms with Crippen LogP contribution in [0.4, 0.5) is 0 Å². The van der Waals surface area contributed by atoms with Gasteiger partial charge < -0.3 is 9.73 Å². The van der Waals surface area contributed by atoms with Gasteiger partial charge in [0.1, 0.15) is 23.2 Å². The van der Waals surface area contributed by atoms with Crippen LogP contribution in [0.1, 0.15) is 22.9 Å². The number of hydrogen-bond acceptors (Lipinski definition) is 4. The zero-order chi connectivity index (χ0) is 37.7. The minimum Gasteiger partial charge on any atom is -0.456 e. The number of amidine groups is 2. The van der Waals surface area contributed by atoms with E-state index >= 15 is 0 Å². The van der Waals surface area contributed by atoms with Crippen LogP contribution in [0.2, 0.25) is 0 Å². The molecule has 0 bridgehead atoms. The van der Waals surface area contributed by atoms with E-state index in [0.717, 1.165) is 94.0 Å². The number of aliphatic imine (C=N–C) groups is 2. The van der Waals surface area contributed by atoms with Crippen molar-refractivity contribution in [2.75, 3.05) is 0 Å². The number of rotatable bonds is 6. The Morgan fingerprint density at radius 1 is 0.421 bits per heavy atom. The summed E-state index contributed by atoms with van der Waals surface area (Å²) < 4.78 is 6.65. The summed E-state index contributed by atoms with van der Waals surface area (Å²) in [4.78, 5) is 10.5. The number of nitrogens with one attached hydrogen (secondary N) is 1. The fourth-order valence-electron chi connectivity index (χ4n) is 8.42. The molecule has 1 aliphatic heterocycles. The van der Waals surface area contributed by atoms with Crippen molar-refractivity contribution in [2.24, 2.45) is 9.98 Å². The SMILES string of the molecule is c1ccc(C2=NC(c3cccc(-c4ccccc4)c3)=NC(c3ccc(-c4c(-c5ccccc5)ccc5oc6cc7ccccc7cc6c45)c4ccccc34)N2)cc1. The third-order valence-corrected chi connectivity index (χ3v) is 11.1. The van der Waals surface area contributed by atoms with E-state index in [0.29, 0.717) is 5.84 Å². The molecule has 1 aromatic heterocycles. The second kappa shape index (κ2) is 13.6. The molecule has 57 heavy (non-hydrogen) atoms. The molecule has 0 amide bonds. The topological polar surface area (TPSA) is 49.9 Å². The molecule has 1 aliphatic rings. The van der Waals surface area contributed by atoms with E-state index in [2.05, 4.69) is 181 Å². The van der Waals surface area contributed by atoms with Crippen molar-refractivity contribution < 1.29 is 4.42 Å². The summed E-state index contributed by atoms with van der Waals surface area (Å²) in [6.45, 7) is 0. The van der Waals surface area contributed by atoms with E-state index in [9.17, 15) is 0 Å². The third-order valence-electron chi connectivity index (χ3n) is 11.1. The molecule has 0 radical (unpaired) electrons. The molecular weight excluding hydrogens is 695 g/mol. The average Bonchev–Trinajstić information content (AvgIpc) is 3.65. The van der Waals surface area contributed by atoms with Crippen molar-refractivity contribution in [3.05, 3.63) is 217 Å². The monoisotopic (exact) mass is 729 g/mol. The number of benzene rings is 9. The number of hydrogen-bond donors (Lipinski definition) is 1. The van der Waals surface area contributed by atoms with E-state index in [1.54, 1.807) is 0 Å². The highest BCUT2D eigenvalue weighted by molar-refractivity contribution is 6.21. The van der Waals surface area contributed by atoms with E-state index in [1.165, 1.54) is 5.39 Å². The molecule has 1 atom stereocenters. The Bertz CT molecular complexity index is 3200. The second-order valence-electron chi connectivity index (χ2n) is 14.5. The average molecular weight is 730 g/mol. The van der Waals surface area contributed by atoms with Crippen LogP contribution < -0.4 is 5.32 Å². The lowest BCUT2D eigenvalue weighted by atomic mass is 9.86. The lowest BCUT2D eigenvalue weighted by Gasteiger charge is -2.25. The predicted molar refractivity (Wildman–Crippen MR) is 237 cm³/mol. The van der Waals surface area contributed by atoms with Crippen molar-refractivity contribution >= 4 is 55.2 Å². The molecule has 0 aliphatic carbocycles. The van der Waals surface area contributed by atoms with Crippen LogP contribution in [0, 0.1) is 0 Å².